The summed E-state index contributed by atoms with van der Waals surface area (Å²) in [5.41, 5.74) is 1.30. The molecule has 5 heteroatoms. The van der Waals surface area contributed by atoms with Crippen LogP contribution in [-0.2, 0) is 19.0 Å². The Balaban J connectivity index is 2.11. The molecule has 0 bridgehead atoms. The molecule has 4 nitrogen and oxygen atoms in total. The van der Waals surface area contributed by atoms with Crippen LogP contribution >= 0.6 is 0 Å². The van der Waals surface area contributed by atoms with E-state index in [9.17, 15) is 4.79 Å². The number of unbranched alkanes of at least 4 members (excludes halogenated alkanes) is 4. The first-order valence-electron chi connectivity index (χ1n) is 9.91. The van der Waals surface area contributed by atoms with Crippen LogP contribution in [0.5, 0.6) is 0 Å². The highest BCUT2D eigenvalue weighted by Crippen LogP contribution is 2.18. The minimum atomic E-state index is -1.18. The standard InChI is InChI=1S/C20H38O4Si/c1-18(21)24-16-19(17-25(2,3)4)12-8-6-5-7-10-14-22-20-13-9-11-15-23-20/h12,20H,5-11,13-17H2,1-4H3/b19-12-. The molecule has 0 amide bonds. The van der Waals surface area contributed by atoms with Gasteiger partial charge in [0.2, 0.25) is 0 Å². The van der Waals surface area contributed by atoms with E-state index in [1.807, 2.05) is 0 Å². The molecule has 1 aliphatic heterocycles. The largest absolute Gasteiger partial charge is 0.461 e. The topological polar surface area (TPSA) is 44.8 Å². The lowest BCUT2D eigenvalue weighted by Crippen LogP contribution is -2.22. The van der Waals surface area contributed by atoms with Crippen LogP contribution in [0, 0.1) is 0 Å². The average molecular weight is 371 g/mol. The highest BCUT2D eigenvalue weighted by Gasteiger charge is 2.16. The van der Waals surface area contributed by atoms with Gasteiger partial charge in [0.1, 0.15) is 6.61 Å². The van der Waals surface area contributed by atoms with Crippen molar-refractivity contribution in [3.63, 3.8) is 0 Å². The first-order chi connectivity index (χ1) is 11.9. The third-order valence-corrected chi connectivity index (χ3v) is 5.71. The van der Waals surface area contributed by atoms with Crippen molar-refractivity contribution in [2.75, 3.05) is 19.8 Å². The van der Waals surface area contributed by atoms with E-state index < -0.39 is 8.07 Å². The zero-order valence-electron chi connectivity index (χ0n) is 16.8. The van der Waals surface area contributed by atoms with Crippen LogP contribution in [0.4, 0.5) is 0 Å². The van der Waals surface area contributed by atoms with Crippen LogP contribution in [-0.4, -0.2) is 40.2 Å². The number of ether oxygens (including phenoxy) is 3. The van der Waals surface area contributed by atoms with Crippen LogP contribution in [0.3, 0.4) is 0 Å². The number of carbonyl (C=O) groups excluding carboxylic acids is 1. The predicted molar refractivity (Wildman–Crippen MR) is 105 cm³/mol. The van der Waals surface area contributed by atoms with Crippen molar-refractivity contribution in [1.29, 1.82) is 0 Å². The Kier molecular flexibility index (Phi) is 11.3. The van der Waals surface area contributed by atoms with Gasteiger partial charge in [0, 0.05) is 28.2 Å². The molecule has 0 saturated carbocycles. The van der Waals surface area contributed by atoms with Gasteiger partial charge in [0.05, 0.1) is 0 Å². The molecule has 146 valence electrons. The fraction of sp³-hybridized carbons (Fsp3) is 0.850. The van der Waals surface area contributed by atoms with E-state index in [-0.39, 0.29) is 12.3 Å². The van der Waals surface area contributed by atoms with Crippen LogP contribution in [0.1, 0.15) is 58.3 Å². The van der Waals surface area contributed by atoms with E-state index in [4.69, 9.17) is 14.2 Å². The van der Waals surface area contributed by atoms with E-state index in [0.717, 1.165) is 38.5 Å². The van der Waals surface area contributed by atoms with Crippen molar-refractivity contribution in [1.82, 2.24) is 0 Å². The average Bonchev–Trinajstić information content (AvgIpc) is 2.54. The molecular weight excluding hydrogens is 332 g/mol. The zero-order valence-corrected chi connectivity index (χ0v) is 17.8. The minimum Gasteiger partial charge on any atom is -0.461 e. The van der Waals surface area contributed by atoms with Crippen molar-refractivity contribution >= 4 is 14.0 Å². The first-order valence-corrected chi connectivity index (χ1v) is 13.6. The summed E-state index contributed by atoms with van der Waals surface area (Å²) in [4.78, 5) is 11.0. The molecule has 1 atom stereocenters. The van der Waals surface area contributed by atoms with Gasteiger partial charge in [0.25, 0.3) is 0 Å². The Morgan fingerprint density at radius 3 is 2.56 bits per heavy atom. The van der Waals surface area contributed by atoms with Crippen molar-refractivity contribution in [2.45, 2.75) is 90.3 Å². The molecule has 0 N–H and O–H groups in total. The molecule has 0 aromatic carbocycles. The molecular formula is C20H38O4Si. The summed E-state index contributed by atoms with van der Waals surface area (Å²) in [6, 6.07) is 1.11. The van der Waals surface area contributed by atoms with E-state index in [1.165, 1.54) is 44.6 Å². The monoisotopic (exact) mass is 370 g/mol. The lowest BCUT2D eigenvalue weighted by Gasteiger charge is -2.22. The highest BCUT2D eigenvalue weighted by atomic mass is 28.3. The van der Waals surface area contributed by atoms with Crippen molar-refractivity contribution < 1.29 is 19.0 Å². The summed E-state index contributed by atoms with van der Waals surface area (Å²) in [6.07, 6.45) is 11.6. The van der Waals surface area contributed by atoms with Crippen LogP contribution < -0.4 is 0 Å². The normalized spacial score (nSPS) is 19.0. The number of hydrogen-bond donors (Lipinski definition) is 0. The van der Waals surface area contributed by atoms with Gasteiger partial charge in [-0.15, -0.1) is 0 Å². The molecule has 25 heavy (non-hydrogen) atoms. The molecule has 0 spiro atoms. The third-order valence-electron chi connectivity index (χ3n) is 4.19. The van der Waals surface area contributed by atoms with E-state index in [0.29, 0.717) is 6.61 Å². The maximum Gasteiger partial charge on any atom is 0.302 e. The van der Waals surface area contributed by atoms with Gasteiger partial charge in [-0.05, 0) is 50.1 Å². The Bertz CT molecular complexity index is 395. The first kappa shape index (κ1) is 22.4. The van der Waals surface area contributed by atoms with Gasteiger partial charge >= 0.3 is 5.97 Å². The van der Waals surface area contributed by atoms with Gasteiger partial charge in [-0.3, -0.25) is 4.79 Å². The molecule has 0 aromatic heterocycles. The maximum absolute atomic E-state index is 11.0. The predicted octanol–water partition coefficient (Wildman–Crippen LogP) is 5.31. The van der Waals surface area contributed by atoms with Crippen LogP contribution in [0.2, 0.25) is 25.7 Å². The summed E-state index contributed by atoms with van der Waals surface area (Å²) in [7, 11) is -1.18. The molecule has 0 radical (unpaired) electrons. The van der Waals surface area contributed by atoms with Gasteiger partial charge < -0.3 is 14.2 Å². The maximum atomic E-state index is 11.0. The Morgan fingerprint density at radius 1 is 1.16 bits per heavy atom. The molecule has 1 rings (SSSR count). The summed E-state index contributed by atoms with van der Waals surface area (Å²) >= 11 is 0. The summed E-state index contributed by atoms with van der Waals surface area (Å²) in [6.45, 7) is 10.7. The lowest BCUT2D eigenvalue weighted by molar-refractivity contribution is -0.162. The number of hydrogen-bond acceptors (Lipinski definition) is 4. The van der Waals surface area contributed by atoms with Crippen LogP contribution in [0.15, 0.2) is 11.6 Å². The van der Waals surface area contributed by atoms with Gasteiger partial charge in [0.15, 0.2) is 6.29 Å². The molecule has 0 aliphatic carbocycles. The quantitative estimate of drug-likeness (QED) is 0.202. The van der Waals surface area contributed by atoms with Crippen molar-refractivity contribution in [2.24, 2.45) is 0 Å². The Labute approximate surface area is 155 Å². The van der Waals surface area contributed by atoms with Gasteiger partial charge in [-0.2, -0.15) is 0 Å². The number of allylic oxidation sites excluding steroid dienone is 1. The second-order valence-corrected chi connectivity index (χ2v) is 13.7. The molecule has 1 heterocycles. The third kappa shape index (κ3) is 13.2. The van der Waals surface area contributed by atoms with Crippen LogP contribution in [0.25, 0.3) is 0 Å². The van der Waals surface area contributed by atoms with Gasteiger partial charge in [-0.25, -0.2) is 0 Å². The fourth-order valence-corrected chi connectivity index (χ4v) is 4.63. The summed E-state index contributed by atoms with van der Waals surface area (Å²) in [5, 5.41) is 0. The van der Waals surface area contributed by atoms with Crippen molar-refractivity contribution in [3.05, 3.63) is 11.6 Å². The molecule has 1 unspecified atom stereocenters. The lowest BCUT2D eigenvalue weighted by atomic mass is 10.1. The second-order valence-electron chi connectivity index (χ2n) is 8.25. The summed E-state index contributed by atoms with van der Waals surface area (Å²) < 4.78 is 16.5. The van der Waals surface area contributed by atoms with E-state index in [1.54, 1.807) is 0 Å². The zero-order chi connectivity index (χ0) is 18.5. The smallest absolute Gasteiger partial charge is 0.302 e. The second kappa shape index (κ2) is 12.7. The molecule has 1 aliphatic rings. The molecule has 1 fully saturated rings. The van der Waals surface area contributed by atoms with E-state index in [2.05, 4.69) is 25.7 Å². The SMILES string of the molecule is CC(=O)OC/C(=C/CCCCCCOC1CCCCO1)C[Si](C)(C)C. The van der Waals surface area contributed by atoms with Gasteiger partial charge in [-0.1, -0.05) is 38.6 Å². The number of esters is 1. The Hall–Kier alpha value is -0.653. The molecule has 0 aromatic rings. The number of carbonyl (C=O) groups is 1. The van der Waals surface area contributed by atoms with Crippen molar-refractivity contribution in [3.8, 4) is 0 Å². The minimum absolute atomic E-state index is 0.0436. The highest BCUT2D eigenvalue weighted by molar-refractivity contribution is 6.76. The fourth-order valence-electron chi connectivity index (χ4n) is 3.02. The summed E-state index contributed by atoms with van der Waals surface area (Å²) in [5.74, 6) is -0.191. The number of rotatable bonds is 12. The molecule has 1 saturated heterocycles. The Morgan fingerprint density at radius 2 is 1.92 bits per heavy atom. The van der Waals surface area contributed by atoms with E-state index >= 15 is 0 Å².